The molecule has 4 heteroatoms. The Kier molecular flexibility index (Phi) is 3.22. The predicted molar refractivity (Wildman–Crippen MR) is 50.0 cm³/mol. The van der Waals surface area contributed by atoms with Gasteiger partial charge in [-0.2, -0.15) is 0 Å². The largest absolute Gasteiger partial charge is 0.478 e. The van der Waals surface area contributed by atoms with Crippen LogP contribution in [0.15, 0.2) is 12.1 Å². The van der Waals surface area contributed by atoms with Gasteiger partial charge in [-0.15, -0.1) is 0 Å². The molecule has 0 atom stereocenters. The van der Waals surface area contributed by atoms with Crippen molar-refractivity contribution in [1.82, 2.24) is 0 Å². The van der Waals surface area contributed by atoms with Crippen LogP contribution in [0.2, 0.25) is 0 Å². The fraction of sp³-hybridized carbons (Fsp3) is 0.300. The molecule has 76 valence electrons. The van der Waals surface area contributed by atoms with Crippen molar-refractivity contribution in [3.8, 4) is 0 Å². The van der Waals surface area contributed by atoms with Gasteiger partial charge in [0.25, 0.3) is 0 Å². The second-order valence-corrected chi connectivity index (χ2v) is 3.07. The van der Waals surface area contributed by atoms with Gasteiger partial charge in [0.1, 0.15) is 0 Å². The molecule has 0 aliphatic carbocycles. The Morgan fingerprint density at radius 3 is 2.36 bits per heavy atom. The maximum absolute atomic E-state index is 10.8. The lowest BCUT2D eigenvalue weighted by Gasteiger charge is -2.08. The Balaban J connectivity index is 3.34. The van der Waals surface area contributed by atoms with Crippen LogP contribution in [0.5, 0.6) is 0 Å². The summed E-state index contributed by atoms with van der Waals surface area (Å²) in [6.07, 6.45) is 0. The molecule has 0 spiro atoms. The Morgan fingerprint density at radius 1 is 1.29 bits per heavy atom. The number of rotatable bonds is 3. The molecule has 0 saturated heterocycles. The molecule has 0 unspecified atom stereocenters. The number of aryl methyl sites for hydroxylation is 1. The molecule has 0 amide bonds. The first-order chi connectivity index (χ1) is 6.60. The number of benzene rings is 1. The molecule has 0 aliphatic heterocycles. The summed E-state index contributed by atoms with van der Waals surface area (Å²) in [6.45, 7) is 1.14. The van der Waals surface area contributed by atoms with Gasteiger partial charge < -0.3 is 15.3 Å². The summed E-state index contributed by atoms with van der Waals surface area (Å²) in [6, 6.07) is 3.10. The molecular formula is C10H12O4. The maximum Gasteiger partial charge on any atom is 0.336 e. The van der Waals surface area contributed by atoms with Crippen LogP contribution in [0.3, 0.4) is 0 Å². The normalized spacial score (nSPS) is 10.2. The zero-order chi connectivity index (χ0) is 10.7. The van der Waals surface area contributed by atoms with E-state index in [1.165, 1.54) is 6.07 Å². The molecular weight excluding hydrogens is 184 g/mol. The van der Waals surface area contributed by atoms with E-state index in [9.17, 15) is 4.79 Å². The molecule has 14 heavy (non-hydrogen) atoms. The van der Waals surface area contributed by atoms with Crippen LogP contribution in [0.4, 0.5) is 0 Å². The highest BCUT2D eigenvalue weighted by atomic mass is 16.4. The summed E-state index contributed by atoms with van der Waals surface area (Å²) in [5.74, 6) is -1.06. The van der Waals surface area contributed by atoms with Crippen LogP contribution >= 0.6 is 0 Å². The molecule has 4 nitrogen and oxygen atoms in total. The first kappa shape index (κ1) is 10.7. The zero-order valence-electron chi connectivity index (χ0n) is 7.82. The van der Waals surface area contributed by atoms with Crippen molar-refractivity contribution in [2.75, 3.05) is 0 Å². The quantitative estimate of drug-likeness (QED) is 0.664. The number of hydrogen-bond donors (Lipinski definition) is 3. The summed E-state index contributed by atoms with van der Waals surface area (Å²) in [7, 11) is 0. The lowest BCUT2D eigenvalue weighted by atomic mass is 9.99. The van der Waals surface area contributed by atoms with Crippen molar-refractivity contribution in [2.45, 2.75) is 20.1 Å². The van der Waals surface area contributed by atoms with Crippen molar-refractivity contribution in [3.63, 3.8) is 0 Å². The number of hydrogen-bond acceptors (Lipinski definition) is 3. The van der Waals surface area contributed by atoms with Gasteiger partial charge in [-0.1, -0.05) is 12.1 Å². The average molecular weight is 196 g/mol. The number of carboxylic acid groups (broad SMARTS) is 1. The highest BCUT2D eigenvalue weighted by Crippen LogP contribution is 2.17. The molecule has 0 aromatic heterocycles. The van der Waals surface area contributed by atoms with Crippen molar-refractivity contribution in [1.29, 1.82) is 0 Å². The maximum atomic E-state index is 10.8. The average Bonchev–Trinajstić information content (AvgIpc) is 2.15. The molecule has 3 N–H and O–H groups in total. The summed E-state index contributed by atoms with van der Waals surface area (Å²) in [5.41, 5.74) is 1.61. The van der Waals surface area contributed by atoms with E-state index in [2.05, 4.69) is 0 Å². The van der Waals surface area contributed by atoms with E-state index in [0.29, 0.717) is 16.7 Å². The SMILES string of the molecule is Cc1cc(CO)cc(CO)c1C(=O)O. The highest BCUT2D eigenvalue weighted by molar-refractivity contribution is 5.91. The topological polar surface area (TPSA) is 77.8 Å². The van der Waals surface area contributed by atoms with E-state index in [-0.39, 0.29) is 18.8 Å². The molecule has 0 saturated carbocycles. The van der Waals surface area contributed by atoms with Gasteiger partial charge in [0.2, 0.25) is 0 Å². The van der Waals surface area contributed by atoms with Gasteiger partial charge in [0.15, 0.2) is 0 Å². The van der Waals surface area contributed by atoms with E-state index in [4.69, 9.17) is 15.3 Å². The second-order valence-electron chi connectivity index (χ2n) is 3.07. The standard InChI is InChI=1S/C10H12O4/c1-6-2-7(4-11)3-8(5-12)9(6)10(13)14/h2-3,11-12H,4-5H2,1H3,(H,13,14). The third-order valence-electron chi connectivity index (χ3n) is 2.04. The predicted octanol–water partition coefficient (Wildman–Crippen LogP) is 0.678. The van der Waals surface area contributed by atoms with Crippen LogP contribution in [-0.2, 0) is 13.2 Å². The van der Waals surface area contributed by atoms with Crippen LogP contribution in [0.25, 0.3) is 0 Å². The van der Waals surface area contributed by atoms with Gasteiger partial charge in [-0.3, -0.25) is 0 Å². The smallest absolute Gasteiger partial charge is 0.336 e. The Morgan fingerprint density at radius 2 is 1.93 bits per heavy atom. The third-order valence-corrected chi connectivity index (χ3v) is 2.04. The van der Waals surface area contributed by atoms with Gasteiger partial charge in [0, 0.05) is 0 Å². The monoisotopic (exact) mass is 196 g/mol. The van der Waals surface area contributed by atoms with Crippen LogP contribution in [0, 0.1) is 6.92 Å². The fourth-order valence-electron chi connectivity index (χ4n) is 1.46. The van der Waals surface area contributed by atoms with Gasteiger partial charge in [-0.05, 0) is 23.6 Å². The summed E-state index contributed by atoms with van der Waals surface area (Å²) in [4.78, 5) is 10.8. The molecule has 0 bridgehead atoms. The minimum absolute atomic E-state index is 0.115. The fourth-order valence-corrected chi connectivity index (χ4v) is 1.46. The lowest BCUT2D eigenvalue weighted by Crippen LogP contribution is -2.06. The van der Waals surface area contributed by atoms with E-state index in [0.717, 1.165) is 0 Å². The van der Waals surface area contributed by atoms with Gasteiger partial charge >= 0.3 is 5.97 Å². The number of carboxylic acids is 1. The van der Waals surface area contributed by atoms with Crippen LogP contribution in [-0.4, -0.2) is 21.3 Å². The van der Waals surface area contributed by atoms with Crippen molar-refractivity contribution in [3.05, 3.63) is 34.4 Å². The summed E-state index contributed by atoms with van der Waals surface area (Å²) in [5, 5.41) is 26.7. The second kappa shape index (κ2) is 4.21. The summed E-state index contributed by atoms with van der Waals surface area (Å²) < 4.78 is 0. The van der Waals surface area contributed by atoms with Crippen molar-refractivity contribution in [2.24, 2.45) is 0 Å². The number of aliphatic hydroxyl groups excluding tert-OH is 2. The van der Waals surface area contributed by atoms with Crippen molar-refractivity contribution >= 4 is 5.97 Å². The van der Waals surface area contributed by atoms with E-state index in [1.54, 1.807) is 13.0 Å². The molecule has 0 fully saturated rings. The lowest BCUT2D eigenvalue weighted by molar-refractivity contribution is 0.0692. The van der Waals surface area contributed by atoms with Crippen molar-refractivity contribution < 1.29 is 20.1 Å². The van der Waals surface area contributed by atoms with Gasteiger partial charge in [0.05, 0.1) is 18.8 Å². The molecule has 1 aromatic carbocycles. The minimum atomic E-state index is -1.06. The molecule has 0 aliphatic rings. The first-order valence-corrected chi connectivity index (χ1v) is 4.17. The highest BCUT2D eigenvalue weighted by Gasteiger charge is 2.13. The Bertz CT molecular complexity index is 357. The number of aromatic carboxylic acids is 1. The molecule has 0 heterocycles. The van der Waals surface area contributed by atoms with Crippen LogP contribution < -0.4 is 0 Å². The van der Waals surface area contributed by atoms with E-state index in [1.807, 2.05) is 0 Å². The summed E-state index contributed by atoms with van der Waals surface area (Å²) >= 11 is 0. The first-order valence-electron chi connectivity index (χ1n) is 4.17. The molecule has 1 aromatic rings. The minimum Gasteiger partial charge on any atom is -0.478 e. The van der Waals surface area contributed by atoms with Crippen LogP contribution in [0.1, 0.15) is 27.0 Å². The molecule has 1 rings (SSSR count). The zero-order valence-corrected chi connectivity index (χ0v) is 7.82. The Labute approximate surface area is 81.4 Å². The number of carbonyl (C=O) groups is 1. The van der Waals surface area contributed by atoms with E-state index < -0.39 is 5.97 Å². The van der Waals surface area contributed by atoms with E-state index >= 15 is 0 Å². The third kappa shape index (κ3) is 1.92. The molecule has 0 radical (unpaired) electrons. The van der Waals surface area contributed by atoms with Gasteiger partial charge in [-0.25, -0.2) is 4.79 Å². The number of aliphatic hydroxyl groups is 2. The Hall–Kier alpha value is -1.39.